The Hall–Kier alpha value is 0.400. The average molecular weight is 408 g/mol. The molecule has 0 N–H and O–H groups in total. The quantitative estimate of drug-likeness (QED) is 0.265. The predicted octanol–water partition coefficient (Wildman–Crippen LogP) is 2.72. The molecule has 0 atom stereocenters. The first-order chi connectivity index (χ1) is 11.1. The summed E-state index contributed by atoms with van der Waals surface area (Å²) in [7, 11) is 4.83. The van der Waals surface area contributed by atoms with Gasteiger partial charge in [-0.2, -0.15) is 0 Å². The first-order valence-electron chi connectivity index (χ1n) is 10.6. The molecule has 0 amide bonds. The van der Waals surface area contributed by atoms with E-state index in [-0.39, 0.29) is 17.0 Å². The molecule has 0 aromatic carbocycles. The lowest BCUT2D eigenvalue weighted by Gasteiger charge is -2.31. The third-order valence-corrected chi connectivity index (χ3v) is 5.25. The van der Waals surface area contributed by atoms with Crippen LogP contribution in [0.5, 0.6) is 0 Å². The molecule has 0 bridgehead atoms. The first-order valence-corrected chi connectivity index (χ1v) is 10.6. The van der Waals surface area contributed by atoms with Gasteiger partial charge in [-0.1, -0.05) is 72.1 Å². The summed E-state index contributed by atoms with van der Waals surface area (Å²) in [5.41, 5.74) is 0. The zero-order valence-electron chi connectivity index (χ0n) is 17.6. The minimum Gasteiger partial charge on any atom is -1.00 e. The van der Waals surface area contributed by atoms with Crippen molar-refractivity contribution in [3.05, 3.63) is 0 Å². The van der Waals surface area contributed by atoms with Crippen molar-refractivity contribution in [3.63, 3.8) is 0 Å². The second-order valence-corrected chi connectivity index (χ2v) is 7.95. The Labute approximate surface area is 164 Å². The van der Waals surface area contributed by atoms with Gasteiger partial charge in [0.2, 0.25) is 0 Å². The molecule has 0 aliphatic rings. The molecule has 148 valence electrons. The van der Waals surface area contributed by atoms with Crippen LogP contribution in [0.4, 0.5) is 0 Å². The van der Waals surface area contributed by atoms with Crippen LogP contribution in [0.3, 0.4) is 0 Å². The molecule has 0 rings (SSSR count). The van der Waals surface area contributed by atoms with Crippen molar-refractivity contribution in [1.29, 1.82) is 0 Å². The normalized spacial score (nSPS) is 11.8. The molecular weight excluding hydrogens is 360 g/mol. The molecule has 0 saturated heterocycles. The van der Waals surface area contributed by atoms with Crippen molar-refractivity contribution in [3.8, 4) is 0 Å². The van der Waals surface area contributed by atoms with Crippen LogP contribution in [0.25, 0.3) is 0 Å². The fourth-order valence-electron chi connectivity index (χ4n) is 3.40. The number of quaternary nitrogens is 1. The third-order valence-electron chi connectivity index (χ3n) is 5.25. The van der Waals surface area contributed by atoms with E-state index in [9.17, 15) is 0 Å². The van der Waals surface area contributed by atoms with Crippen LogP contribution < -0.4 is 17.0 Å². The van der Waals surface area contributed by atoms with Crippen LogP contribution in [-0.4, -0.2) is 56.2 Å². The van der Waals surface area contributed by atoms with Crippen molar-refractivity contribution in [1.82, 2.24) is 4.90 Å². The number of halogens is 1. The van der Waals surface area contributed by atoms with E-state index >= 15 is 0 Å². The van der Waals surface area contributed by atoms with Crippen LogP contribution in [0.2, 0.25) is 0 Å². The summed E-state index contributed by atoms with van der Waals surface area (Å²) in [6.45, 7) is 13.2. The molecule has 0 aliphatic heterocycles. The molecule has 0 saturated carbocycles. The van der Waals surface area contributed by atoms with E-state index in [0.717, 1.165) is 0 Å². The topological polar surface area (TPSA) is 3.24 Å². The molecule has 0 fully saturated rings. The molecule has 0 unspecified atom stereocenters. The molecule has 0 radical (unpaired) electrons. The summed E-state index contributed by atoms with van der Waals surface area (Å²) in [6.07, 6.45) is 15.7. The molecule has 24 heavy (non-hydrogen) atoms. The lowest BCUT2D eigenvalue weighted by molar-refractivity contribution is -0.890. The Morgan fingerprint density at radius 3 is 1.46 bits per heavy atom. The van der Waals surface area contributed by atoms with Gasteiger partial charge in [-0.3, -0.25) is 0 Å². The maximum Gasteiger partial charge on any atom is 0.0794 e. The van der Waals surface area contributed by atoms with E-state index in [0.29, 0.717) is 0 Å². The van der Waals surface area contributed by atoms with Crippen molar-refractivity contribution in [2.75, 3.05) is 46.8 Å². The standard InChI is InChI=1S/C21H47N2.BrH/c1-6-9-10-11-12-13-14-15-16-17-20-23(4,5)21-18-19-22(7-2)8-3;/h6-21H2,1-5H3;1H/q+1;/p-1. The summed E-state index contributed by atoms with van der Waals surface area (Å²) in [5.74, 6) is 0. The second-order valence-electron chi connectivity index (χ2n) is 7.95. The van der Waals surface area contributed by atoms with E-state index in [2.05, 4.69) is 39.8 Å². The number of nitrogens with zero attached hydrogens (tertiary/aromatic N) is 2. The molecule has 3 heteroatoms. The molecule has 0 heterocycles. The Balaban J connectivity index is 0. The van der Waals surface area contributed by atoms with E-state index in [1.165, 1.54) is 108 Å². The van der Waals surface area contributed by atoms with Gasteiger partial charge in [-0.25, -0.2) is 0 Å². The van der Waals surface area contributed by atoms with Gasteiger partial charge in [0.1, 0.15) is 0 Å². The van der Waals surface area contributed by atoms with E-state index in [1.807, 2.05) is 0 Å². The summed E-state index contributed by atoms with van der Waals surface area (Å²) in [6, 6.07) is 0. The zero-order chi connectivity index (χ0) is 17.4. The Morgan fingerprint density at radius 2 is 1.00 bits per heavy atom. The Kier molecular flexibility index (Phi) is 20.2. The van der Waals surface area contributed by atoms with Crippen molar-refractivity contribution in [2.45, 2.75) is 91.4 Å². The highest BCUT2D eigenvalue weighted by Crippen LogP contribution is 2.12. The van der Waals surface area contributed by atoms with Gasteiger partial charge < -0.3 is 26.4 Å². The highest BCUT2D eigenvalue weighted by molar-refractivity contribution is 4.52. The van der Waals surface area contributed by atoms with Gasteiger partial charge in [0.15, 0.2) is 0 Å². The highest BCUT2D eigenvalue weighted by Gasteiger charge is 2.14. The lowest BCUT2D eigenvalue weighted by atomic mass is 10.1. The van der Waals surface area contributed by atoms with Crippen LogP contribution in [0.1, 0.15) is 91.4 Å². The SMILES string of the molecule is CCCCCCCCCCCC[N+](C)(C)CCCN(CC)CC.[Br-]. The summed E-state index contributed by atoms with van der Waals surface area (Å²) in [5, 5.41) is 0. The minimum atomic E-state index is 0. The van der Waals surface area contributed by atoms with Gasteiger partial charge in [-0.05, 0) is 25.9 Å². The average Bonchev–Trinajstić information content (AvgIpc) is 2.53. The first kappa shape index (κ1) is 26.6. The van der Waals surface area contributed by atoms with Gasteiger partial charge >= 0.3 is 0 Å². The molecule has 0 aromatic heterocycles. The zero-order valence-corrected chi connectivity index (χ0v) is 19.2. The predicted molar refractivity (Wildman–Crippen MR) is 106 cm³/mol. The molecule has 0 aromatic rings. The van der Waals surface area contributed by atoms with E-state index in [1.54, 1.807) is 0 Å². The fourth-order valence-corrected chi connectivity index (χ4v) is 3.40. The van der Waals surface area contributed by atoms with Crippen LogP contribution in [0, 0.1) is 0 Å². The van der Waals surface area contributed by atoms with Crippen LogP contribution in [-0.2, 0) is 0 Å². The number of hydrogen-bond donors (Lipinski definition) is 0. The minimum absolute atomic E-state index is 0. The smallest absolute Gasteiger partial charge is 0.0794 e. The number of hydrogen-bond acceptors (Lipinski definition) is 1. The number of rotatable bonds is 17. The van der Waals surface area contributed by atoms with Gasteiger partial charge in [0.05, 0.1) is 27.2 Å². The van der Waals surface area contributed by atoms with E-state index < -0.39 is 0 Å². The highest BCUT2D eigenvalue weighted by atomic mass is 79.9. The Morgan fingerprint density at radius 1 is 0.583 bits per heavy atom. The van der Waals surface area contributed by atoms with Crippen LogP contribution in [0.15, 0.2) is 0 Å². The van der Waals surface area contributed by atoms with Crippen molar-refractivity contribution in [2.24, 2.45) is 0 Å². The summed E-state index contributed by atoms with van der Waals surface area (Å²) >= 11 is 0. The second kappa shape index (κ2) is 18.2. The van der Waals surface area contributed by atoms with Gasteiger partial charge in [0.25, 0.3) is 0 Å². The lowest BCUT2D eigenvalue weighted by Crippen LogP contribution is -3.00. The molecule has 0 spiro atoms. The fraction of sp³-hybridized carbons (Fsp3) is 1.00. The van der Waals surface area contributed by atoms with Gasteiger partial charge in [-0.15, -0.1) is 0 Å². The molecule has 0 aliphatic carbocycles. The maximum atomic E-state index is 2.54. The Bertz CT molecular complexity index is 240. The molecular formula is C21H47BrN2. The van der Waals surface area contributed by atoms with Crippen LogP contribution >= 0.6 is 0 Å². The monoisotopic (exact) mass is 406 g/mol. The third kappa shape index (κ3) is 17.2. The molecule has 2 nitrogen and oxygen atoms in total. The summed E-state index contributed by atoms with van der Waals surface area (Å²) < 4.78 is 1.21. The summed E-state index contributed by atoms with van der Waals surface area (Å²) in [4.78, 5) is 2.54. The van der Waals surface area contributed by atoms with Crippen molar-refractivity contribution >= 4 is 0 Å². The van der Waals surface area contributed by atoms with Gasteiger partial charge in [0, 0.05) is 13.0 Å². The van der Waals surface area contributed by atoms with E-state index in [4.69, 9.17) is 0 Å². The number of unbranched alkanes of at least 4 members (excludes halogenated alkanes) is 9. The largest absolute Gasteiger partial charge is 1.00 e. The maximum absolute atomic E-state index is 2.54. The van der Waals surface area contributed by atoms with Crippen molar-refractivity contribution < 1.29 is 21.5 Å².